The van der Waals surface area contributed by atoms with Gasteiger partial charge in [-0.05, 0) is 29.5 Å². The van der Waals surface area contributed by atoms with Crippen molar-refractivity contribution in [2.75, 3.05) is 6.61 Å². The number of hydrogen-bond acceptors (Lipinski definition) is 3. The van der Waals surface area contributed by atoms with Crippen LogP contribution in [0.3, 0.4) is 0 Å². The van der Waals surface area contributed by atoms with Gasteiger partial charge in [0.25, 0.3) is 0 Å². The van der Waals surface area contributed by atoms with Crippen LogP contribution in [-0.2, 0) is 16.1 Å². The first-order chi connectivity index (χ1) is 13.4. The summed E-state index contributed by atoms with van der Waals surface area (Å²) in [5.41, 5.74) is 5.47. The number of carbonyl (C=O) groups is 2. The Bertz CT molecular complexity index is 943. The number of hydrogen-bond donors (Lipinski definition) is 1. The number of ether oxygens (including phenoxy) is 1. The fraction of sp³-hybridized carbons (Fsp3) is 0.304. The molecule has 2 amide bonds. The van der Waals surface area contributed by atoms with E-state index in [1.807, 2.05) is 55.5 Å². The van der Waals surface area contributed by atoms with Gasteiger partial charge in [0.1, 0.15) is 6.61 Å². The molecular formula is C23H24N2O3. The number of benzene rings is 2. The summed E-state index contributed by atoms with van der Waals surface area (Å²) >= 11 is 0. The molecular weight excluding hydrogens is 352 g/mol. The van der Waals surface area contributed by atoms with Crippen molar-refractivity contribution in [1.82, 2.24) is 10.2 Å². The highest BCUT2D eigenvalue weighted by molar-refractivity contribution is 5.97. The van der Waals surface area contributed by atoms with Gasteiger partial charge >= 0.3 is 12.0 Å². The molecule has 0 unspecified atom stereocenters. The highest BCUT2D eigenvalue weighted by atomic mass is 16.5. The topological polar surface area (TPSA) is 58.6 Å². The highest BCUT2D eigenvalue weighted by Gasteiger charge is 2.42. The Labute approximate surface area is 165 Å². The third kappa shape index (κ3) is 3.28. The fourth-order valence-corrected chi connectivity index (χ4v) is 3.68. The van der Waals surface area contributed by atoms with Crippen LogP contribution in [0.4, 0.5) is 4.79 Å². The number of amides is 2. The maximum Gasteiger partial charge on any atom is 0.338 e. The molecule has 5 heteroatoms. The SMILES string of the molecule is Cc1ccc(CN2C(=O)N[C@H](c3ccc(C(C)C)cc3)C3=C2COC3=O)cc1. The maximum atomic E-state index is 12.9. The smallest absolute Gasteiger partial charge is 0.338 e. The van der Waals surface area contributed by atoms with Gasteiger partial charge in [-0.15, -0.1) is 0 Å². The Morgan fingerprint density at radius 1 is 1.07 bits per heavy atom. The zero-order valence-corrected chi connectivity index (χ0v) is 16.4. The standard InChI is InChI=1S/C23H24N2O3/c1-14(2)17-8-10-18(11-9-17)21-20-19(13-28-22(20)26)25(23(27)24-21)12-16-6-4-15(3)5-7-16/h4-11,14,21H,12-13H2,1-3H3,(H,24,27)/t21-/m1/s1. The molecule has 1 N–H and O–H groups in total. The van der Waals surface area contributed by atoms with E-state index in [0.717, 1.165) is 16.7 Å². The molecule has 0 radical (unpaired) electrons. The average Bonchev–Trinajstić information content (AvgIpc) is 3.07. The van der Waals surface area contributed by atoms with E-state index in [2.05, 4.69) is 19.2 Å². The van der Waals surface area contributed by atoms with Crippen LogP contribution in [0.5, 0.6) is 0 Å². The van der Waals surface area contributed by atoms with E-state index in [0.29, 0.717) is 23.7 Å². The number of urea groups is 1. The van der Waals surface area contributed by atoms with Gasteiger partial charge in [0.2, 0.25) is 0 Å². The van der Waals surface area contributed by atoms with Crippen LogP contribution >= 0.6 is 0 Å². The number of rotatable bonds is 4. The van der Waals surface area contributed by atoms with E-state index in [1.165, 1.54) is 5.56 Å². The molecule has 2 aliphatic rings. The van der Waals surface area contributed by atoms with Gasteiger partial charge in [0.15, 0.2) is 0 Å². The molecule has 0 bridgehead atoms. The van der Waals surface area contributed by atoms with Crippen LogP contribution in [0.25, 0.3) is 0 Å². The maximum absolute atomic E-state index is 12.9. The molecule has 28 heavy (non-hydrogen) atoms. The minimum Gasteiger partial charge on any atom is -0.456 e. The summed E-state index contributed by atoms with van der Waals surface area (Å²) in [6, 6.07) is 15.4. The summed E-state index contributed by atoms with van der Waals surface area (Å²) in [6.45, 7) is 6.83. The second-order valence-corrected chi connectivity index (χ2v) is 7.71. The fourth-order valence-electron chi connectivity index (χ4n) is 3.68. The van der Waals surface area contributed by atoms with Crippen molar-refractivity contribution in [3.63, 3.8) is 0 Å². The van der Waals surface area contributed by atoms with E-state index in [4.69, 9.17) is 4.74 Å². The average molecular weight is 376 g/mol. The summed E-state index contributed by atoms with van der Waals surface area (Å²) in [5, 5.41) is 2.99. The summed E-state index contributed by atoms with van der Waals surface area (Å²) in [4.78, 5) is 27.0. The summed E-state index contributed by atoms with van der Waals surface area (Å²) in [7, 11) is 0. The Hall–Kier alpha value is -3.08. The van der Waals surface area contributed by atoms with Gasteiger partial charge in [-0.2, -0.15) is 0 Å². The van der Waals surface area contributed by atoms with E-state index in [-0.39, 0.29) is 18.6 Å². The van der Waals surface area contributed by atoms with Gasteiger partial charge in [-0.3, -0.25) is 4.90 Å². The summed E-state index contributed by atoms with van der Waals surface area (Å²) in [5.74, 6) is 0.0630. The lowest BCUT2D eigenvalue weighted by molar-refractivity contribution is -0.136. The lowest BCUT2D eigenvalue weighted by Gasteiger charge is -2.33. The molecule has 2 aliphatic heterocycles. The van der Waals surface area contributed by atoms with E-state index >= 15 is 0 Å². The lowest BCUT2D eigenvalue weighted by atomic mass is 9.93. The van der Waals surface area contributed by atoms with E-state index in [9.17, 15) is 9.59 Å². The van der Waals surface area contributed by atoms with E-state index < -0.39 is 6.04 Å². The Morgan fingerprint density at radius 2 is 1.75 bits per heavy atom. The van der Waals surface area contributed by atoms with E-state index in [1.54, 1.807) is 4.90 Å². The highest BCUT2D eigenvalue weighted by Crippen LogP contribution is 2.36. The van der Waals surface area contributed by atoms with Crippen molar-refractivity contribution >= 4 is 12.0 Å². The van der Waals surface area contributed by atoms with Crippen molar-refractivity contribution < 1.29 is 14.3 Å². The number of carbonyl (C=O) groups excluding carboxylic acids is 2. The Morgan fingerprint density at radius 3 is 2.39 bits per heavy atom. The minimum atomic E-state index is -0.479. The van der Waals surface area contributed by atoms with Crippen LogP contribution in [0.1, 0.15) is 48.1 Å². The monoisotopic (exact) mass is 376 g/mol. The third-order valence-electron chi connectivity index (χ3n) is 5.40. The molecule has 0 aromatic heterocycles. The number of cyclic esters (lactones) is 1. The van der Waals surface area contributed by atoms with Crippen LogP contribution in [0.2, 0.25) is 0 Å². The van der Waals surface area contributed by atoms with Crippen molar-refractivity contribution in [2.45, 2.75) is 39.3 Å². The van der Waals surface area contributed by atoms with Crippen molar-refractivity contribution in [3.8, 4) is 0 Å². The van der Waals surface area contributed by atoms with Gasteiger partial charge in [0.05, 0.1) is 23.9 Å². The quantitative estimate of drug-likeness (QED) is 0.814. The lowest BCUT2D eigenvalue weighted by Crippen LogP contribution is -2.46. The molecule has 0 saturated heterocycles. The van der Waals surface area contributed by atoms with Crippen molar-refractivity contribution in [1.29, 1.82) is 0 Å². The van der Waals surface area contributed by atoms with Gasteiger partial charge in [-0.1, -0.05) is 67.9 Å². The van der Waals surface area contributed by atoms with Gasteiger partial charge in [-0.25, -0.2) is 9.59 Å². The molecule has 2 aromatic rings. The second-order valence-electron chi connectivity index (χ2n) is 7.71. The molecule has 5 nitrogen and oxygen atoms in total. The normalized spacial score (nSPS) is 19.0. The Kier molecular flexibility index (Phi) is 4.67. The number of aryl methyl sites for hydroxylation is 1. The first-order valence-corrected chi connectivity index (χ1v) is 9.57. The first kappa shape index (κ1) is 18.3. The van der Waals surface area contributed by atoms with Crippen molar-refractivity contribution in [2.24, 2.45) is 0 Å². The second kappa shape index (κ2) is 7.15. The zero-order chi connectivity index (χ0) is 19.8. The number of nitrogens with zero attached hydrogens (tertiary/aromatic N) is 1. The van der Waals surface area contributed by atoms with Crippen LogP contribution in [0, 0.1) is 6.92 Å². The van der Waals surface area contributed by atoms with Gasteiger partial charge in [0, 0.05) is 0 Å². The first-order valence-electron chi connectivity index (χ1n) is 9.57. The van der Waals surface area contributed by atoms with Crippen molar-refractivity contribution in [3.05, 3.63) is 82.1 Å². The predicted octanol–water partition coefficient (Wildman–Crippen LogP) is 4.20. The van der Waals surface area contributed by atoms with Crippen LogP contribution in [0.15, 0.2) is 59.8 Å². The molecule has 2 aromatic carbocycles. The molecule has 0 saturated carbocycles. The number of nitrogens with one attached hydrogen (secondary N) is 1. The predicted molar refractivity (Wildman–Crippen MR) is 107 cm³/mol. The third-order valence-corrected chi connectivity index (χ3v) is 5.40. The van der Waals surface area contributed by atoms with Crippen LogP contribution in [-0.4, -0.2) is 23.5 Å². The minimum absolute atomic E-state index is 0.133. The molecule has 0 aliphatic carbocycles. The summed E-state index contributed by atoms with van der Waals surface area (Å²) in [6.07, 6.45) is 0. The zero-order valence-electron chi connectivity index (χ0n) is 16.4. The largest absolute Gasteiger partial charge is 0.456 e. The molecule has 2 heterocycles. The molecule has 0 fully saturated rings. The molecule has 144 valence electrons. The van der Waals surface area contributed by atoms with Crippen LogP contribution < -0.4 is 5.32 Å². The summed E-state index contributed by atoms with van der Waals surface area (Å²) < 4.78 is 5.30. The molecule has 4 rings (SSSR count). The van der Waals surface area contributed by atoms with Gasteiger partial charge < -0.3 is 10.1 Å². The number of esters is 1. The molecule has 1 atom stereocenters. The Balaban J connectivity index is 1.67. The molecule has 0 spiro atoms.